The molecule has 0 bridgehead atoms. The molecular formula is C13H13ClN2. The first-order valence-electron chi connectivity index (χ1n) is 5.68. The van der Waals surface area contributed by atoms with Crippen molar-refractivity contribution in [1.82, 2.24) is 9.97 Å². The first-order valence-corrected chi connectivity index (χ1v) is 6.06. The highest BCUT2D eigenvalue weighted by Crippen LogP contribution is 2.36. The minimum atomic E-state index is 0.530. The van der Waals surface area contributed by atoms with Gasteiger partial charge in [-0.1, -0.05) is 30.2 Å². The quantitative estimate of drug-likeness (QED) is 0.698. The largest absolute Gasteiger partial charge is 0.232 e. The predicted molar refractivity (Wildman–Crippen MR) is 65.9 cm³/mol. The Balaban J connectivity index is 2.21. The zero-order chi connectivity index (χ0) is 11.1. The van der Waals surface area contributed by atoms with Gasteiger partial charge in [0.25, 0.3) is 0 Å². The number of benzene rings is 1. The lowest BCUT2D eigenvalue weighted by Gasteiger charge is -2.24. The fourth-order valence-electron chi connectivity index (χ4n) is 2.17. The molecular weight excluding hydrogens is 220 g/mol. The normalized spacial score (nSPS) is 16.4. The number of aryl methyl sites for hydroxylation is 1. The summed E-state index contributed by atoms with van der Waals surface area (Å²) in [5, 5.41) is 1.59. The van der Waals surface area contributed by atoms with Gasteiger partial charge >= 0.3 is 0 Å². The SMILES string of the molecule is Cc1cccc2nc(C3CCC3)nc(Cl)c12. The molecule has 0 spiro atoms. The van der Waals surface area contributed by atoms with Crippen LogP contribution in [-0.4, -0.2) is 9.97 Å². The molecule has 3 heteroatoms. The molecule has 2 aromatic rings. The van der Waals surface area contributed by atoms with Crippen LogP contribution in [0.3, 0.4) is 0 Å². The molecule has 1 aliphatic rings. The van der Waals surface area contributed by atoms with E-state index in [9.17, 15) is 0 Å². The van der Waals surface area contributed by atoms with Gasteiger partial charge in [0.05, 0.1) is 5.52 Å². The average Bonchev–Trinajstić information content (AvgIpc) is 2.14. The Morgan fingerprint density at radius 2 is 2.06 bits per heavy atom. The second kappa shape index (κ2) is 3.70. The van der Waals surface area contributed by atoms with E-state index in [1.807, 2.05) is 25.1 Å². The molecule has 0 saturated heterocycles. The topological polar surface area (TPSA) is 25.8 Å². The monoisotopic (exact) mass is 232 g/mol. The lowest BCUT2D eigenvalue weighted by Crippen LogP contribution is -2.12. The van der Waals surface area contributed by atoms with Crippen molar-refractivity contribution in [2.45, 2.75) is 32.1 Å². The first kappa shape index (κ1) is 10.0. The van der Waals surface area contributed by atoms with Crippen LogP contribution < -0.4 is 0 Å². The van der Waals surface area contributed by atoms with Gasteiger partial charge in [0.2, 0.25) is 0 Å². The fourth-order valence-corrected chi connectivity index (χ4v) is 2.50. The summed E-state index contributed by atoms with van der Waals surface area (Å²) in [6, 6.07) is 6.07. The highest BCUT2D eigenvalue weighted by molar-refractivity contribution is 6.34. The zero-order valence-electron chi connectivity index (χ0n) is 9.20. The van der Waals surface area contributed by atoms with E-state index in [0.717, 1.165) is 22.3 Å². The van der Waals surface area contributed by atoms with Crippen LogP contribution >= 0.6 is 11.6 Å². The number of rotatable bonds is 1. The van der Waals surface area contributed by atoms with Crippen LogP contribution in [0.4, 0.5) is 0 Å². The van der Waals surface area contributed by atoms with Gasteiger partial charge in [0.15, 0.2) is 0 Å². The van der Waals surface area contributed by atoms with E-state index in [-0.39, 0.29) is 0 Å². The third kappa shape index (κ3) is 1.49. The summed E-state index contributed by atoms with van der Waals surface area (Å²) in [5.41, 5.74) is 2.12. The molecule has 1 aromatic heterocycles. The Kier molecular flexibility index (Phi) is 2.32. The summed E-state index contributed by atoms with van der Waals surface area (Å²) < 4.78 is 0. The average molecular weight is 233 g/mol. The second-order valence-corrected chi connectivity index (χ2v) is 4.83. The van der Waals surface area contributed by atoms with E-state index in [0.29, 0.717) is 11.1 Å². The van der Waals surface area contributed by atoms with Crippen molar-refractivity contribution in [3.8, 4) is 0 Å². The van der Waals surface area contributed by atoms with Crippen molar-refractivity contribution in [3.05, 3.63) is 34.7 Å². The molecule has 0 radical (unpaired) electrons. The predicted octanol–water partition coefficient (Wildman–Crippen LogP) is 3.86. The molecule has 1 heterocycles. The molecule has 82 valence electrons. The summed E-state index contributed by atoms with van der Waals surface area (Å²) >= 11 is 6.24. The molecule has 16 heavy (non-hydrogen) atoms. The minimum Gasteiger partial charge on any atom is -0.232 e. The van der Waals surface area contributed by atoms with Crippen molar-refractivity contribution < 1.29 is 0 Å². The Morgan fingerprint density at radius 3 is 2.75 bits per heavy atom. The van der Waals surface area contributed by atoms with Crippen LogP contribution in [0, 0.1) is 6.92 Å². The summed E-state index contributed by atoms with van der Waals surface area (Å²) in [7, 11) is 0. The number of hydrogen-bond donors (Lipinski definition) is 0. The van der Waals surface area contributed by atoms with Gasteiger partial charge in [0.1, 0.15) is 11.0 Å². The first-order chi connectivity index (χ1) is 7.75. The highest BCUT2D eigenvalue weighted by Gasteiger charge is 2.23. The molecule has 1 aromatic carbocycles. The Morgan fingerprint density at radius 1 is 1.25 bits per heavy atom. The van der Waals surface area contributed by atoms with Gasteiger partial charge in [-0.15, -0.1) is 0 Å². The molecule has 1 aliphatic carbocycles. The third-order valence-electron chi connectivity index (χ3n) is 3.38. The van der Waals surface area contributed by atoms with Gasteiger partial charge in [0, 0.05) is 11.3 Å². The van der Waals surface area contributed by atoms with E-state index >= 15 is 0 Å². The van der Waals surface area contributed by atoms with Gasteiger partial charge in [-0.3, -0.25) is 0 Å². The van der Waals surface area contributed by atoms with Crippen molar-refractivity contribution in [1.29, 1.82) is 0 Å². The van der Waals surface area contributed by atoms with Gasteiger partial charge in [-0.25, -0.2) is 9.97 Å². The van der Waals surface area contributed by atoms with Crippen LogP contribution in [0.1, 0.15) is 36.6 Å². The maximum Gasteiger partial charge on any atom is 0.140 e. The number of halogens is 1. The number of hydrogen-bond acceptors (Lipinski definition) is 2. The van der Waals surface area contributed by atoms with Crippen LogP contribution in [0.15, 0.2) is 18.2 Å². The second-order valence-electron chi connectivity index (χ2n) is 4.47. The Labute approximate surface area is 99.7 Å². The molecule has 0 N–H and O–H groups in total. The lowest BCUT2D eigenvalue weighted by molar-refractivity contribution is 0.402. The molecule has 3 rings (SSSR count). The van der Waals surface area contributed by atoms with Crippen molar-refractivity contribution in [3.63, 3.8) is 0 Å². The fraction of sp³-hybridized carbons (Fsp3) is 0.385. The van der Waals surface area contributed by atoms with Crippen molar-refractivity contribution in [2.24, 2.45) is 0 Å². The van der Waals surface area contributed by atoms with Crippen molar-refractivity contribution >= 4 is 22.5 Å². The van der Waals surface area contributed by atoms with E-state index in [1.165, 1.54) is 19.3 Å². The van der Waals surface area contributed by atoms with Crippen LogP contribution in [-0.2, 0) is 0 Å². The number of nitrogens with zero attached hydrogens (tertiary/aromatic N) is 2. The Bertz CT molecular complexity index is 547. The van der Waals surface area contributed by atoms with Gasteiger partial charge < -0.3 is 0 Å². The Hall–Kier alpha value is -1.15. The summed E-state index contributed by atoms with van der Waals surface area (Å²) in [6.45, 7) is 2.04. The van der Waals surface area contributed by atoms with E-state index in [2.05, 4.69) is 9.97 Å². The van der Waals surface area contributed by atoms with E-state index in [4.69, 9.17) is 11.6 Å². The molecule has 1 saturated carbocycles. The molecule has 1 fully saturated rings. The smallest absolute Gasteiger partial charge is 0.140 e. The van der Waals surface area contributed by atoms with E-state index in [1.54, 1.807) is 0 Å². The van der Waals surface area contributed by atoms with Crippen LogP contribution in [0.5, 0.6) is 0 Å². The highest BCUT2D eigenvalue weighted by atomic mass is 35.5. The summed E-state index contributed by atoms with van der Waals surface area (Å²) in [5.74, 6) is 1.46. The molecule has 0 unspecified atom stereocenters. The number of fused-ring (bicyclic) bond motifs is 1. The standard InChI is InChI=1S/C13H13ClN2/c1-8-4-2-7-10-11(8)12(14)16-13(15-10)9-5-3-6-9/h2,4,7,9H,3,5-6H2,1H3. The summed E-state index contributed by atoms with van der Waals surface area (Å²) in [6.07, 6.45) is 3.69. The van der Waals surface area contributed by atoms with Gasteiger partial charge in [-0.05, 0) is 31.4 Å². The lowest BCUT2D eigenvalue weighted by atomic mass is 9.85. The van der Waals surface area contributed by atoms with Gasteiger partial charge in [-0.2, -0.15) is 0 Å². The maximum atomic E-state index is 6.24. The third-order valence-corrected chi connectivity index (χ3v) is 3.65. The van der Waals surface area contributed by atoms with Crippen LogP contribution in [0.25, 0.3) is 10.9 Å². The zero-order valence-corrected chi connectivity index (χ0v) is 9.96. The van der Waals surface area contributed by atoms with Crippen molar-refractivity contribution in [2.75, 3.05) is 0 Å². The molecule has 0 aliphatic heterocycles. The van der Waals surface area contributed by atoms with Crippen LogP contribution in [0.2, 0.25) is 5.15 Å². The van der Waals surface area contributed by atoms with E-state index < -0.39 is 0 Å². The molecule has 2 nitrogen and oxygen atoms in total. The summed E-state index contributed by atoms with van der Waals surface area (Å²) in [4.78, 5) is 9.06. The number of aromatic nitrogens is 2. The molecule has 0 amide bonds. The molecule has 0 atom stereocenters. The maximum absolute atomic E-state index is 6.24. The minimum absolute atomic E-state index is 0.530.